The minimum Gasteiger partial charge on any atom is -0.481 e. The van der Waals surface area contributed by atoms with Crippen molar-refractivity contribution in [3.8, 4) is 0 Å². The lowest BCUT2D eigenvalue weighted by molar-refractivity contribution is -0.147. The van der Waals surface area contributed by atoms with Crippen LogP contribution in [0.4, 0.5) is 0 Å². The van der Waals surface area contributed by atoms with Crippen LogP contribution in [0.15, 0.2) is 12.4 Å². The smallest absolute Gasteiger partial charge is 0.309 e. The highest BCUT2D eigenvalue weighted by Crippen LogP contribution is 2.21. The van der Waals surface area contributed by atoms with E-state index in [1.54, 1.807) is 24.7 Å². The van der Waals surface area contributed by atoms with E-state index >= 15 is 0 Å². The molecule has 0 saturated carbocycles. The van der Waals surface area contributed by atoms with E-state index in [4.69, 9.17) is 5.11 Å². The van der Waals surface area contributed by atoms with Crippen molar-refractivity contribution >= 4 is 5.97 Å². The lowest BCUT2D eigenvalue weighted by Gasteiger charge is -2.18. The van der Waals surface area contributed by atoms with Crippen molar-refractivity contribution < 1.29 is 9.90 Å². The van der Waals surface area contributed by atoms with E-state index in [-0.39, 0.29) is 0 Å². The van der Waals surface area contributed by atoms with E-state index in [1.165, 1.54) is 0 Å². The fourth-order valence-electron chi connectivity index (χ4n) is 1.09. The van der Waals surface area contributed by atoms with Crippen LogP contribution in [0.3, 0.4) is 0 Å². The molecule has 1 heterocycles. The minimum absolute atomic E-state index is 0.587. The molecule has 0 fully saturated rings. The van der Waals surface area contributed by atoms with Crippen LogP contribution in [0.25, 0.3) is 0 Å². The van der Waals surface area contributed by atoms with Gasteiger partial charge >= 0.3 is 5.97 Å². The summed E-state index contributed by atoms with van der Waals surface area (Å²) in [5.41, 5.74) is 0.415. The quantitative estimate of drug-likeness (QED) is 0.797. The first-order valence-electron chi connectivity index (χ1n) is 4.64. The predicted octanol–water partition coefficient (Wildman–Crippen LogP) is 1.69. The number of carbonyl (C=O) groups is 1. The average molecular weight is 196 g/mol. The van der Waals surface area contributed by atoms with Gasteiger partial charge in [-0.1, -0.05) is 0 Å². The Kier molecular flexibility index (Phi) is 2.93. The van der Waals surface area contributed by atoms with Crippen LogP contribution in [0.2, 0.25) is 0 Å². The van der Waals surface area contributed by atoms with E-state index in [9.17, 15) is 4.79 Å². The predicted molar refractivity (Wildman–Crippen MR) is 53.0 cm³/mol. The third-order valence-corrected chi connectivity index (χ3v) is 2.31. The summed E-state index contributed by atoms with van der Waals surface area (Å²) < 4.78 is 1.78. The number of carboxylic acid groups (broad SMARTS) is 1. The van der Waals surface area contributed by atoms with Gasteiger partial charge in [0.2, 0.25) is 0 Å². The molecule has 0 amide bonds. The molecule has 1 N–H and O–H groups in total. The zero-order valence-electron chi connectivity index (χ0n) is 8.82. The Bertz CT molecular complexity index is 329. The second-order valence-electron chi connectivity index (χ2n) is 4.22. The molecule has 1 rings (SSSR count). The fraction of sp³-hybridized carbons (Fsp3) is 0.600. The molecule has 0 bridgehead atoms. The molecule has 0 radical (unpaired) electrons. The Morgan fingerprint density at radius 2 is 2.29 bits per heavy atom. The summed E-state index contributed by atoms with van der Waals surface area (Å²) in [5.74, 6) is -0.763. The number of hydrogen-bond acceptors (Lipinski definition) is 2. The Hall–Kier alpha value is -1.32. The summed E-state index contributed by atoms with van der Waals surface area (Å²) in [5, 5.41) is 13.0. The first-order valence-corrected chi connectivity index (χ1v) is 4.64. The van der Waals surface area contributed by atoms with E-state index < -0.39 is 11.4 Å². The molecule has 4 nitrogen and oxygen atoms in total. The van der Waals surface area contributed by atoms with Crippen LogP contribution in [-0.2, 0) is 11.3 Å². The summed E-state index contributed by atoms with van der Waals surface area (Å²) in [6, 6.07) is 0. The van der Waals surface area contributed by atoms with Gasteiger partial charge in [0.25, 0.3) is 0 Å². The lowest BCUT2D eigenvalue weighted by atomic mass is 9.90. The van der Waals surface area contributed by atoms with Gasteiger partial charge < -0.3 is 5.11 Å². The average Bonchev–Trinajstić information content (AvgIpc) is 2.48. The maximum Gasteiger partial charge on any atom is 0.309 e. The van der Waals surface area contributed by atoms with E-state index in [0.29, 0.717) is 13.0 Å². The number of nitrogens with zero attached hydrogens (tertiary/aromatic N) is 2. The molecule has 14 heavy (non-hydrogen) atoms. The van der Waals surface area contributed by atoms with Gasteiger partial charge in [0, 0.05) is 12.7 Å². The van der Waals surface area contributed by atoms with Crippen LogP contribution in [0, 0.1) is 12.3 Å². The van der Waals surface area contributed by atoms with Crippen molar-refractivity contribution in [2.75, 3.05) is 0 Å². The van der Waals surface area contributed by atoms with Crippen molar-refractivity contribution in [3.63, 3.8) is 0 Å². The molecular weight excluding hydrogens is 180 g/mol. The third kappa shape index (κ3) is 2.58. The van der Waals surface area contributed by atoms with Crippen LogP contribution in [0.1, 0.15) is 25.8 Å². The minimum atomic E-state index is -0.763. The number of aromatic nitrogens is 2. The largest absolute Gasteiger partial charge is 0.481 e. The molecule has 1 aromatic rings. The number of rotatable bonds is 4. The van der Waals surface area contributed by atoms with E-state index in [0.717, 1.165) is 5.56 Å². The molecule has 4 heteroatoms. The monoisotopic (exact) mass is 196 g/mol. The van der Waals surface area contributed by atoms with Crippen molar-refractivity contribution in [3.05, 3.63) is 18.0 Å². The van der Waals surface area contributed by atoms with E-state index in [1.807, 2.05) is 13.1 Å². The van der Waals surface area contributed by atoms with Crippen LogP contribution in [0.5, 0.6) is 0 Å². The summed E-state index contributed by atoms with van der Waals surface area (Å²) in [6.45, 7) is 6.07. The highest BCUT2D eigenvalue weighted by atomic mass is 16.4. The SMILES string of the molecule is Cc1cnn(CCC(C)(C)C(=O)O)c1. The summed E-state index contributed by atoms with van der Waals surface area (Å²) in [6.07, 6.45) is 4.27. The number of carboxylic acids is 1. The first kappa shape index (κ1) is 10.8. The molecule has 0 unspecified atom stereocenters. The lowest BCUT2D eigenvalue weighted by Crippen LogP contribution is -2.25. The Labute approximate surface area is 83.5 Å². The topological polar surface area (TPSA) is 55.1 Å². The second-order valence-corrected chi connectivity index (χ2v) is 4.22. The number of hydrogen-bond donors (Lipinski definition) is 1. The van der Waals surface area contributed by atoms with Crippen LogP contribution < -0.4 is 0 Å². The Morgan fingerprint density at radius 3 is 2.71 bits per heavy atom. The van der Waals surface area contributed by atoms with Crippen LogP contribution in [-0.4, -0.2) is 20.9 Å². The first-order chi connectivity index (χ1) is 6.42. The zero-order chi connectivity index (χ0) is 10.8. The molecule has 0 spiro atoms. The summed E-state index contributed by atoms with van der Waals surface area (Å²) in [7, 11) is 0. The molecule has 0 aliphatic heterocycles. The summed E-state index contributed by atoms with van der Waals surface area (Å²) in [4.78, 5) is 10.8. The van der Waals surface area contributed by atoms with Gasteiger partial charge in [-0.3, -0.25) is 9.48 Å². The van der Waals surface area contributed by atoms with Crippen LogP contribution >= 0.6 is 0 Å². The molecule has 0 saturated heterocycles. The van der Waals surface area contributed by atoms with Crippen molar-refractivity contribution in [2.45, 2.75) is 33.7 Å². The van der Waals surface area contributed by atoms with Gasteiger partial charge in [-0.25, -0.2) is 0 Å². The van der Waals surface area contributed by atoms with Gasteiger partial charge in [-0.15, -0.1) is 0 Å². The summed E-state index contributed by atoms with van der Waals surface area (Å²) >= 11 is 0. The van der Waals surface area contributed by atoms with Crippen molar-refractivity contribution in [2.24, 2.45) is 5.41 Å². The highest BCUT2D eigenvalue weighted by molar-refractivity contribution is 5.73. The maximum absolute atomic E-state index is 10.8. The molecular formula is C10H16N2O2. The normalized spacial score (nSPS) is 11.6. The standard InChI is InChI=1S/C10H16N2O2/c1-8-6-11-12(7-8)5-4-10(2,3)9(13)14/h6-7H,4-5H2,1-3H3,(H,13,14). The fourth-order valence-corrected chi connectivity index (χ4v) is 1.09. The third-order valence-electron chi connectivity index (χ3n) is 2.31. The van der Waals surface area contributed by atoms with Gasteiger partial charge in [0.05, 0.1) is 11.6 Å². The van der Waals surface area contributed by atoms with Gasteiger partial charge in [0.15, 0.2) is 0 Å². The molecule has 0 aliphatic carbocycles. The molecule has 1 aromatic heterocycles. The molecule has 78 valence electrons. The number of aryl methyl sites for hydroxylation is 2. The van der Waals surface area contributed by atoms with Crippen molar-refractivity contribution in [1.29, 1.82) is 0 Å². The Morgan fingerprint density at radius 1 is 1.64 bits per heavy atom. The number of aliphatic carboxylic acids is 1. The zero-order valence-corrected chi connectivity index (χ0v) is 8.82. The van der Waals surface area contributed by atoms with Gasteiger partial charge in [-0.05, 0) is 32.8 Å². The molecule has 0 aliphatic rings. The van der Waals surface area contributed by atoms with E-state index in [2.05, 4.69) is 5.10 Å². The van der Waals surface area contributed by atoms with Crippen molar-refractivity contribution in [1.82, 2.24) is 9.78 Å². The second kappa shape index (κ2) is 3.82. The van der Waals surface area contributed by atoms with Gasteiger partial charge in [0.1, 0.15) is 0 Å². The highest BCUT2D eigenvalue weighted by Gasteiger charge is 2.26. The molecule has 0 aromatic carbocycles. The molecule has 0 atom stereocenters. The van der Waals surface area contributed by atoms with Gasteiger partial charge in [-0.2, -0.15) is 5.10 Å². The Balaban J connectivity index is 2.52. The maximum atomic E-state index is 10.8.